The number of ether oxygens (including phenoxy) is 2. The minimum Gasteiger partial charge on any atom is -0.465 e. The molecule has 0 amide bonds. The molecule has 2 heterocycles. The number of benzene rings is 1. The average molecular weight is 382 g/mol. The molecule has 0 spiro atoms. The van der Waals surface area contributed by atoms with E-state index in [1.54, 1.807) is 0 Å². The van der Waals surface area contributed by atoms with Crippen molar-refractivity contribution in [1.29, 1.82) is 0 Å². The number of sulfonamides is 1. The number of rotatable bonds is 4. The van der Waals surface area contributed by atoms with Crippen LogP contribution in [0.15, 0.2) is 23.1 Å². The summed E-state index contributed by atoms with van der Waals surface area (Å²) < 4.78 is 37.5. The second kappa shape index (κ2) is 7.34. The van der Waals surface area contributed by atoms with Crippen LogP contribution in [0.2, 0.25) is 0 Å². The van der Waals surface area contributed by atoms with Crippen LogP contribution in [0.3, 0.4) is 0 Å². The Kier molecular flexibility index (Phi) is 5.31. The van der Waals surface area contributed by atoms with Gasteiger partial charge in [0, 0.05) is 18.6 Å². The predicted molar refractivity (Wildman–Crippen MR) is 92.4 cm³/mol. The zero-order valence-corrected chi connectivity index (χ0v) is 15.5. The van der Waals surface area contributed by atoms with Gasteiger partial charge in [0.2, 0.25) is 10.0 Å². The highest BCUT2D eigenvalue weighted by Gasteiger charge is 2.43. The van der Waals surface area contributed by atoms with Gasteiger partial charge < -0.3 is 14.8 Å². The van der Waals surface area contributed by atoms with Crippen LogP contribution >= 0.6 is 0 Å². The number of nitrogens with zero attached hydrogens (tertiary/aromatic N) is 1. The molecule has 2 unspecified atom stereocenters. The fourth-order valence-corrected chi connectivity index (χ4v) is 5.64. The van der Waals surface area contributed by atoms with Crippen molar-refractivity contribution in [3.05, 3.63) is 29.3 Å². The van der Waals surface area contributed by atoms with Gasteiger partial charge in [0.1, 0.15) is 0 Å². The molecule has 26 heavy (non-hydrogen) atoms. The van der Waals surface area contributed by atoms with Gasteiger partial charge in [-0.15, -0.1) is 0 Å². The lowest BCUT2D eigenvalue weighted by atomic mass is 10.1. The molecule has 8 nitrogen and oxygen atoms in total. The van der Waals surface area contributed by atoms with E-state index in [0.717, 1.165) is 25.8 Å². The normalized spacial score (nSPS) is 23.3. The van der Waals surface area contributed by atoms with Gasteiger partial charge in [-0.25, -0.2) is 18.0 Å². The molecular weight excluding hydrogens is 360 g/mol. The van der Waals surface area contributed by atoms with Gasteiger partial charge in [0.15, 0.2) is 0 Å². The van der Waals surface area contributed by atoms with E-state index in [1.807, 2.05) is 0 Å². The third kappa shape index (κ3) is 3.34. The van der Waals surface area contributed by atoms with E-state index in [9.17, 15) is 18.0 Å². The van der Waals surface area contributed by atoms with Gasteiger partial charge in [-0.2, -0.15) is 4.31 Å². The summed E-state index contributed by atoms with van der Waals surface area (Å²) in [7, 11) is -1.48. The third-order valence-electron chi connectivity index (χ3n) is 4.91. The minimum atomic E-state index is -3.87. The van der Waals surface area contributed by atoms with E-state index in [2.05, 4.69) is 14.8 Å². The van der Waals surface area contributed by atoms with E-state index in [0.29, 0.717) is 6.54 Å². The summed E-state index contributed by atoms with van der Waals surface area (Å²) in [6.45, 7) is 1.36. The molecule has 1 aromatic rings. The summed E-state index contributed by atoms with van der Waals surface area (Å²) in [6, 6.07) is 3.57. The maximum atomic E-state index is 13.3. The quantitative estimate of drug-likeness (QED) is 0.768. The van der Waals surface area contributed by atoms with Crippen molar-refractivity contribution >= 4 is 22.0 Å². The summed E-state index contributed by atoms with van der Waals surface area (Å²) in [5.74, 6) is -1.43. The fraction of sp³-hybridized carbons (Fsp3) is 0.529. The van der Waals surface area contributed by atoms with Crippen LogP contribution in [0, 0.1) is 0 Å². The van der Waals surface area contributed by atoms with Crippen molar-refractivity contribution in [2.24, 2.45) is 0 Å². The van der Waals surface area contributed by atoms with Crippen LogP contribution in [0.25, 0.3) is 0 Å². The number of fused-ring (bicyclic) bond motifs is 2. The SMILES string of the molecule is COC(=O)c1cc(C(=O)OC)cc(S(=O)(=O)N2C3CCNCC2CC3)c1. The van der Waals surface area contributed by atoms with Crippen molar-refractivity contribution in [3.8, 4) is 0 Å². The summed E-state index contributed by atoms with van der Waals surface area (Å²) in [4.78, 5) is 23.8. The molecule has 0 aliphatic carbocycles. The Bertz CT molecular complexity index is 774. The first-order valence-corrected chi connectivity index (χ1v) is 9.88. The number of hydrogen-bond acceptors (Lipinski definition) is 7. The maximum Gasteiger partial charge on any atom is 0.337 e. The lowest BCUT2D eigenvalue weighted by molar-refractivity contribution is 0.0598. The Labute approximate surface area is 152 Å². The zero-order valence-electron chi connectivity index (χ0n) is 14.7. The molecule has 2 fully saturated rings. The molecule has 0 saturated carbocycles. The van der Waals surface area contributed by atoms with Crippen LogP contribution in [-0.4, -0.2) is 64.1 Å². The predicted octanol–water partition coefficient (Wildman–Crippen LogP) is 0.775. The number of nitrogens with one attached hydrogen (secondary N) is 1. The average Bonchev–Trinajstić information content (AvgIpc) is 2.93. The Morgan fingerprint density at radius 2 is 1.58 bits per heavy atom. The first kappa shape index (κ1) is 18.8. The van der Waals surface area contributed by atoms with Crippen molar-refractivity contribution in [3.63, 3.8) is 0 Å². The highest BCUT2D eigenvalue weighted by molar-refractivity contribution is 7.89. The fourth-order valence-electron chi connectivity index (χ4n) is 3.67. The third-order valence-corrected chi connectivity index (χ3v) is 6.89. The summed E-state index contributed by atoms with van der Waals surface area (Å²) >= 11 is 0. The molecule has 2 aliphatic heterocycles. The van der Waals surface area contributed by atoms with E-state index >= 15 is 0 Å². The van der Waals surface area contributed by atoms with Gasteiger partial charge in [0.25, 0.3) is 0 Å². The second-order valence-electron chi connectivity index (χ2n) is 6.44. The van der Waals surface area contributed by atoms with Crippen molar-refractivity contribution in [2.75, 3.05) is 27.3 Å². The molecule has 0 aromatic heterocycles. The minimum absolute atomic E-state index is 0.00531. The van der Waals surface area contributed by atoms with Crippen molar-refractivity contribution in [1.82, 2.24) is 9.62 Å². The Balaban J connectivity index is 2.09. The molecule has 2 saturated heterocycles. The highest BCUT2D eigenvalue weighted by Crippen LogP contribution is 2.34. The lowest BCUT2D eigenvalue weighted by Gasteiger charge is -2.27. The number of carbonyl (C=O) groups is 2. The van der Waals surface area contributed by atoms with Crippen LogP contribution in [0.5, 0.6) is 0 Å². The van der Waals surface area contributed by atoms with Crippen LogP contribution in [-0.2, 0) is 19.5 Å². The van der Waals surface area contributed by atoms with Crippen LogP contribution < -0.4 is 5.32 Å². The van der Waals surface area contributed by atoms with Crippen molar-refractivity contribution in [2.45, 2.75) is 36.2 Å². The molecule has 0 radical (unpaired) electrons. The summed E-state index contributed by atoms with van der Waals surface area (Å²) in [6.07, 6.45) is 2.33. The van der Waals surface area contributed by atoms with Gasteiger partial charge >= 0.3 is 11.9 Å². The number of methoxy groups -OCH3 is 2. The molecular formula is C17H22N2O6S. The first-order chi connectivity index (χ1) is 12.4. The lowest BCUT2D eigenvalue weighted by Crippen LogP contribution is -2.42. The van der Waals surface area contributed by atoms with Crippen LogP contribution in [0.4, 0.5) is 0 Å². The molecule has 1 aromatic carbocycles. The first-order valence-electron chi connectivity index (χ1n) is 8.44. The van der Waals surface area contributed by atoms with Gasteiger partial charge in [-0.1, -0.05) is 0 Å². The Morgan fingerprint density at radius 1 is 1.00 bits per heavy atom. The standard InChI is InChI=1S/C17H22N2O6S/c1-24-16(20)11-7-12(17(21)25-2)9-15(8-11)26(22,23)19-13-3-4-14(19)10-18-6-5-13/h7-9,13-14,18H,3-6,10H2,1-2H3. The zero-order chi connectivity index (χ0) is 18.9. The maximum absolute atomic E-state index is 13.3. The van der Waals surface area contributed by atoms with E-state index in [-0.39, 0.29) is 28.1 Å². The highest BCUT2D eigenvalue weighted by atomic mass is 32.2. The number of hydrogen-bond donors (Lipinski definition) is 1. The Morgan fingerprint density at radius 3 is 2.15 bits per heavy atom. The summed E-state index contributed by atoms with van der Waals surface area (Å²) in [5, 5.41) is 3.26. The topological polar surface area (TPSA) is 102 Å². The number of carbonyl (C=O) groups excluding carboxylic acids is 2. The second-order valence-corrected chi connectivity index (χ2v) is 8.29. The van der Waals surface area contributed by atoms with E-state index in [1.165, 1.54) is 36.7 Å². The molecule has 142 valence electrons. The molecule has 9 heteroatoms. The molecule has 1 N–H and O–H groups in total. The van der Waals surface area contributed by atoms with E-state index < -0.39 is 22.0 Å². The summed E-state index contributed by atoms with van der Waals surface area (Å²) in [5.41, 5.74) is -0.0106. The molecule has 2 aliphatic rings. The smallest absolute Gasteiger partial charge is 0.337 e. The van der Waals surface area contributed by atoms with Gasteiger partial charge in [0.05, 0.1) is 30.2 Å². The molecule has 2 atom stereocenters. The molecule has 3 rings (SSSR count). The van der Waals surface area contributed by atoms with Gasteiger partial charge in [-0.3, -0.25) is 0 Å². The van der Waals surface area contributed by atoms with Crippen molar-refractivity contribution < 1.29 is 27.5 Å². The molecule has 2 bridgehead atoms. The number of esters is 2. The largest absolute Gasteiger partial charge is 0.465 e. The Hall–Kier alpha value is -1.97. The monoisotopic (exact) mass is 382 g/mol. The van der Waals surface area contributed by atoms with E-state index in [4.69, 9.17) is 0 Å². The van der Waals surface area contributed by atoms with Crippen LogP contribution in [0.1, 0.15) is 40.0 Å². The van der Waals surface area contributed by atoms with Gasteiger partial charge in [-0.05, 0) is 44.0 Å².